The average molecular weight is 377 g/mol. The molecule has 3 rings (SSSR count). The van der Waals surface area contributed by atoms with Crippen LogP contribution < -0.4 is 10.6 Å². The molecule has 2 amide bonds. The normalized spacial score (nSPS) is 13.5. The van der Waals surface area contributed by atoms with Crippen molar-refractivity contribution in [1.29, 1.82) is 0 Å². The topological polar surface area (TPSA) is 58.2 Å². The molecule has 0 atom stereocenters. The lowest BCUT2D eigenvalue weighted by atomic mass is 10.2. The van der Waals surface area contributed by atoms with Gasteiger partial charge in [-0.1, -0.05) is 15.9 Å². The molecule has 1 fully saturated rings. The number of anilines is 2. The Balaban J connectivity index is 1.66. The highest BCUT2D eigenvalue weighted by atomic mass is 79.9. The first-order chi connectivity index (χ1) is 11.0. The fraction of sp³-hybridized carbons (Fsp3) is 0.176. The number of amides is 2. The minimum atomic E-state index is -0.584. The van der Waals surface area contributed by atoms with E-state index in [0.717, 1.165) is 12.8 Å². The number of hydrogen-bond acceptors (Lipinski definition) is 2. The van der Waals surface area contributed by atoms with Crippen molar-refractivity contribution in [1.82, 2.24) is 0 Å². The van der Waals surface area contributed by atoms with Crippen LogP contribution in [0.3, 0.4) is 0 Å². The maximum absolute atomic E-state index is 13.7. The highest BCUT2D eigenvalue weighted by Gasteiger charge is 2.29. The van der Waals surface area contributed by atoms with Crippen molar-refractivity contribution < 1.29 is 14.0 Å². The minimum absolute atomic E-state index is 0.0259. The van der Waals surface area contributed by atoms with Crippen LogP contribution in [0.15, 0.2) is 46.9 Å². The molecular formula is C17H14BrFN2O2. The first-order valence-electron chi connectivity index (χ1n) is 7.20. The molecular weight excluding hydrogens is 363 g/mol. The van der Waals surface area contributed by atoms with E-state index in [9.17, 15) is 14.0 Å². The molecule has 0 heterocycles. The summed E-state index contributed by atoms with van der Waals surface area (Å²) in [6.45, 7) is 0. The SMILES string of the molecule is O=C(Nc1ccc(NC(=O)C2CC2)cc1)c1cc(Br)ccc1F. The van der Waals surface area contributed by atoms with Gasteiger partial charge in [0, 0.05) is 21.8 Å². The molecule has 0 bridgehead atoms. The Bertz CT molecular complexity index is 758. The van der Waals surface area contributed by atoms with Crippen molar-refractivity contribution in [3.05, 3.63) is 58.3 Å². The van der Waals surface area contributed by atoms with E-state index < -0.39 is 11.7 Å². The van der Waals surface area contributed by atoms with E-state index >= 15 is 0 Å². The summed E-state index contributed by atoms with van der Waals surface area (Å²) >= 11 is 3.21. The van der Waals surface area contributed by atoms with E-state index in [1.54, 1.807) is 24.3 Å². The standard InChI is InChI=1S/C17H14BrFN2O2/c18-11-3-8-15(19)14(9-11)17(23)21-13-6-4-12(5-7-13)20-16(22)10-1-2-10/h3-10H,1-2H2,(H,20,22)(H,21,23). The maximum atomic E-state index is 13.7. The van der Waals surface area contributed by atoms with Crippen LogP contribution in [0.25, 0.3) is 0 Å². The fourth-order valence-electron chi connectivity index (χ4n) is 2.10. The smallest absolute Gasteiger partial charge is 0.258 e. The lowest BCUT2D eigenvalue weighted by Crippen LogP contribution is -2.15. The molecule has 118 valence electrons. The van der Waals surface area contributed by atoms with E-state index in [-0.39, 0.29) is 17.4 Å². The van der Waals surface area contributed by atoms with Gasteiger partial charge in [-0.15, -0.1) is 0 Å². The Kier molecular flexibility index (Phi) is 4.43. The van der Waals surface area contributed by atoms with Crippen LogP contribution in [0.5, 0.6) is 0 Å². The quantitative estimate of drug-likeness (QED) is 0.840. The summed E-state index contributed by atoms with van der Waals surface area (Å²) in [5.41, 5.74) is 1.16. The number of rotatable bonds is 4. The van der Waals surface area contributed by atoms with Gasteiger partial charge < -0.3 is 10.6 Å². The molecule has 0 unspecified atom stereocenters. The minimum Gasteiger partial charge on any atom is -0.326 e. The molecule has 1 aliphatic carbocycles. The third-order valence-corrected chi connectivity index (χ3v) is 4.02. The number of carbonyl (C=O) groups excluding carboxylic acids is 2. The summed E-state index contributed by atoms with van der Waals surface area (Å²) in [5, 5.41) is 5.44. The summed E-state index contributed by atoms with van der Waals surface area (Å²) in [6.07, 6.45) is 1.89. The number of nitrogens with one attached hydrogen (secondary N) is 2. The van der Waals surface area contributed by atoms with Crippen LogP contribution in [0.2, 0.25) is 0 Å². The van der Waals surface area contributed by atoms with Gasteiger partial charge >= 0.3 is 0 Å². The van der Waals surface area contributed by atoms with Gasteiger partial charge in [-0.25, -0.2) is 4.39 Å². The molecule has 0 radical (unpaired) electrons. The Labute approximate surface area is 141 Å². The molecule has 1 saturated carbocycles. The summed E-state index contributed by atoms with van der Waals surface area (Å²) < 4.78 is 14.3. The molecule has 0 saturated heterocycles. The van der Waals surface area contributed by atoms with Gasteiger partial charge in [0.15, 0.2) is 0 Å². The van der Waals surface area contributed by atoms with Gasteiger partial charge in [-0.3, -0.25) is 9.59 Å². The molecule has 0 spiro atoms. The molecule has 4 nitrogen and oxygen atoms in total. The van der Waals surface area contributed by atoms with E-state index in [0.29, 0.717) is 15.8 Å². The number of hydrogen-bond donors (Lipinski definition) is 2. The predicted molar refractivity (Wildman–Crippen MR) is 89.8 cm³/mol. The number of halogens is 2. The Morgan fingerprint density at radius 1 is 1.00 bits per heavy atom. The van der Waals surface area contributed by atoms with Crippen molar-refractivity contribution in [3.8, 4) is 0 Å². The zero-order valence-electron chi connectivity index (χ0n) is 12.1. The third-order valence-electron chi connectivity index (χ3n) is 3.53. The van der Waals surface area contributed by atoms with E-state index in [2.05, 4.69) is 26.6 Å². The van der Waals surface area contributed by atoms with Crippen molar-refractivity contribution in [2.24, 2.45) is 5.92 Å². The van der Waals surface area contributed by atoms with Crippen molar-refractivity contribution in [2.45, 2.75) is 12.8 Å². The van der Waals surface area contributed by atoms with Gasteiger partial charge in [-0.2, -0.15) is 0 Å². The van der Waals surface area contributed by atoms with Gasteiger partial charge in [0.1, 0.15) is 5.82 Å². The molecule has 2 aromatic rings. The second-order valence-electron chi connectivity index (χ2n) is 5.42. The molecule has 2 aromatic carbocycles. The first kappa shape index (κ1) is 15.7. The van der Waals surface area contributed by atoms with Gasteiger partial charge in [-0.05, 0) is 55.3 Å². The maximum Gasteiger partial charge on any atom is 0.258 e. The van der Waals surface area contributed by atoms with E-state index in [1.807, 2.05) is 0 Å². The Morgan fingerprint density at radius 2 is 1.61 bits per heavy atom. The second-order valence-corrected chi connectivity index (χ2v) is 6.33. The largest absolute Gasteiger partial charge is 0.326 e. The lowest BCUT2D eigenvalue weighted by Gasteiger charge is -2.08. The summed E-state index contributed by atoms with van der Waals surface area (Å²) in [5.74, 6) is -0.954. The van der Waals surface area contributed by atoms with Gasteiger partial charge in [0.2, 0.25) is 5.91 Å². The van der Waals surface area contributed by atoms with Gasteiger partial charge in [0.25, 0.3) is 5.91 Å². The highest BCUT2D eigenvalue weighted by Crippen LogP contribution is 2.30. The average Bonchev–Trinajstić information content (AvgIpc) is 3.36. The van der Waals surface area contributed by atoms with Crippen LogP contribution in [-0.2, 0) is 4.79 Å². The monoisotopic (exact) mass is 376 g/mol. The van der Waals surface area contributed by atoms with Crippen molar-refractivity contribution in [2.75, 3.05) is 10.6 Å². The fourth-order valence-corrected chi connectivity index (χ4v) is 2.46. The zero-order valence-corrected chi connectivity index (χ0v) is 13.7. The Morgan fingerprint density at radius 3 is 2.22 bits per heavy atom. The summed E-state index contributed by atoms with van der Waals surface area (Å²) in [7, 11) is 0. The van der Waals surface area contributed by atoms with Gasteiger partial charge in [0.05, 0.1) is 5.56 Å². The van der Waals surface area contributed by atoms with Crippen LogP contribution >= 0.6 is 15.9 Å². The number of benzene rings is 2. The third kappa shape index (κ3) is 3.96. The molecule has 6 heteroatoms. The van der Waals surface area contributed by atoms with E-state index in [1.165, 1.54) is 18.2 Å². The van der Waals surface area contributed by atoms with Crippen LogP contribution in [0.1, 0.15) is 23.2 Å². The summed E-state index contributed by atoms with van der Waals surface area (Å²) in [6, 6.07) is 10.9. The molecule has 23 heavy (non-hydrogen) atoms. The molecule has 0 aromatic heterocycles. The molecule has 2 N–H and O–H groups in total. The molecule has 0 aliphatic heterocycles. The predicted octanol–water partition coefficient (Wildman–Crippen LogP) is 4.19. The van der Waals surface area contributed by atoms with Crippen molar-refractivity contribution >= 4 is 39.1 Å². The molecule has 1 aliphatic rings. The first-order valence-corrected chi connectivity index (χ1v) is 7.99. The van der Waals surface area contributed by atoms with Crippen molar-refractivity contribution in [3.63, 3.8) is 0 Å². The Hall–Kier alpha value is -2.21. The number of carbonyl (C=O) groups is 2. The van der Waals surface area contributed by atoms with Crippen LogP contribution in [0, 0.1) is 11.7 Å². The second kappa shape index (κ2) is 6.50. The zero-order chi connectivity index (χ0) is 16.4. The van der Waals surface area contributed by atoms with Crippen LogP contribution in [-0.4, -0.2) is 11.8 Å². The summed E-state index contributed by atoms with van der Waals surface area (Å²) in [4.78, 5) is 23.8. The lowest BCUT2D eigenvalue weighted by molar-refractivity contribution is -0.117. The van der Waals surface area contributed by atoms with E-state index in [4.69, 9.17) is 0 Å². The van der Waals surface area contributed by atoms with Crippen LogP contribution in [0.4, 0.5) is 15.8 Å². The highest BCUT2D eigenvalue weighted by molar-refractivity contribution is 9.10.